The predicted octanol–water partition coefficient (Wildman–Crippen LogP) is 4.16. The van der Waals surface area contributed by atoms with Crippen molar-refractivity contribution in [2.75, 3.05) is 26.2 Å². The number of aliphatic hydroxyl groups excluding tert-OH is 1. The van der Waals surface area contributed by atoms with Gasteiger partial charge in [0.05, 0.1) is 0 Å². The minimum atomic E-state index is 0.353. The quantitative estimate of drug-likeness (QED) is 0.356. The Morgan fingerprint density at radius 2 is 1.11 bits per heavy atom. The van der Waals surface area contributed by atoms with Gasteiger partial charge in [-0.1, -0.05) is 57.1 Å². The number of hydrogen-bond donors (Lipinski definition) is 1. The molecule has 0 fully saturated rings. The first-order valence-electron chi connectivity index (χ1n) is 7.90. The van der Waals surface area contributed by atoms with Crippen molar-refractivity contribution in [3.05, 3.63) is 25.3 Å². The Hall–Kier alpha value is -0.600. The van der Waals surface area contributed by atoms with Gasteiger partial charge in [0, 0.05) is 19.7 Å². The van der Waals surface area contributed by atoms with Crippen LogP contribution in [0.5, 0.6) is 0 Å². The van der Waals surface area contributed by atoms with Gasteiger partial charge in [0.25, 0.3) is 0 Å². The summed E-state index contributed by atoms with van der Waals surface area (Å²) in [6.07, 6.45) is 15.4. The molecule has 0 rings (SSSR count). The van der Waals surface area contributed by atoms with Gasteiger partial charge in [-0.25, -0.2) is 0 Å². The molecular formula is C17H33NO. The van der Waals surface area contributed by atoms with E-state index in [1.54, 1.807) is 0 Å². The number of hydrogen-bond acceptors (Lipinski definition) is 2. The van der Waals surface area contributed by atoms with E-state index in [1.165, 1.54) is 51.4 Å². The first-order chi connectivity index (χ1) is 9.35. The van der Waals surface area contributed by atoms with Gasteiger partial charge < -0.3 is 5.11 Å². The number of unbranched alkanes of at least 4 members (excludes halogenated alkanes) is 8. The second-order valence-electron chi connectivity index (χ2n) is 5.24. The van der Waals surface area contributed by atoms with Crippen LogP contribution in [0.25, 0.3) is 0 Å². The maximum absolute atomic E-state index is 8.67. The molecule has 0 heterocycles. The highest BCUT2D eigenvalue weighted by Gasteiger charge is 1.99. The average Bonchev–Trinajstić information content (AvgIpc) is 2.41. The summed E-state index contributed by atoms with van der Waals surface area (Å²) in [5.41, 5.74) is 0. The fraction of sp³-hybridized carbons (Fsp3) is 0.765. The molecule has 2 heteroatoms. The maximum atomic E-state index is 8.67. The third-order valence-electron chi connectivity index (χ3n) is 3.41. The number of nitrogens with zero attached hydrogens (tertiary/aromatic N) is 1. The SMILES string of the molecule is C=CCN(CC=C)CCCCCCCCCCCO. The van der Waals surface area contributed by atoms with Crippen LogP contribution in [0, 0.1) is 0 Å². The molecule has 0 saturated carbocycles. The van der Waals surface area contributed by atoms with Crippen molar-refractivity contribution in [1.82, 2.24) is 4.90 Å². The van der Waals surface area contributed by atoms with E-state index in [4.69, 9.17) is 5.11 Å². The topological polar surface area (TPSA) is 23.5 Å². The summed E-state index contributed by atoms with van der Waals surface area (Å²) in [6, 6.07) is 0. The van der Waals surface area contributed by atoms with Crippen LogP contribution in [-0.4, -0.2) is 36.2 Å². The fourth-order valence-corrected chi connectivity index (χ4v) is 2.31. The molecule has 0 radical (unpaired) electrons. The van der Waals surface area contributed by atoms with Crippen molar-refractivity contribution in [2.24, 2.45) is 0 Å². The lowest BCUT2D eigenvalue weighted by molar-refractivity contribution is 0.282. The molecule has 0 aliphatic carbocycles. The molecular weight excluding hydrogens is 234 g/mol. The van der Waals surface area contributed by atoms with Gasteiger partial charge in [-0.05, 0) is 19.4 Å². The maximum Gasteiger partial charge on any atom is 0.0431 e. The standard InChI is InChI=1S/C17H33NO/c1-3-14-18(15-4-2)16-12-10-8-6-5-7-9-11-13-17-19/h3-4,19H,1-2,5-17H2. The van der Waals surface area contributed by atoms with Crippen LogP contribution in [0.1, 0.15) is 57.8 Å². The van der Waals surface area contributed by atoms with E-state index in [9.17, 15) is 0 Å². The first-order valence-corrected chi connectivity index (χ1v) is 7.90. The summed E-state index contributed by atoms with van der Waals surface area (Å²) in [5.74, 6) is 0. The molecule has 112 valence electrons. The zero-order chi connectivity index (χ0) is 14.2. The third-order valence-corrected chi connectivity index (χ3v) is 3.41. The van der Waals surface area contributed by atoms with Gasteiger partial charge in [-0.15, -0.1) is 13.2 Å². The molecule has 0 spiro atoms. The van der Waals surface area contributed by atoms with Crippen molar-refractivity contribution >= 4 is 0 Å². The molecule has 0 amide bonds. The average molecular weight is 267 g/mol. The van der Waals surface area contributed by atoms with Crippen LogP contribution in [0.15, 0.2) is 25.3 Å². The number of aliphatic hydroxyl groups is 1. The van der Waals surface area contributed by atoms with Gasteiger partial charge >= 0.3 is 0 Å². The molecule has 0 saturated heterocycles. The van der Waals surface area contributed by atoms with Crippen molar-refractivity contribution < 1.29 is 5.11 Å². The predicted molar refractivity (Wildman–Crippen MR) is 85.5 cm³/mol. The van der Waals surface area contributed by atoms with Crippen molar-refractivity contribution in [2.45, 2.75) is 57.8 Å². The van der Waals surface area contributed by atoms with E-state index in [-0.39, 0.29) is 0 Å². The van der Waals surface area contributed by atoms with Crippen LogP contribution in [0.3, 0.4) is 0 Å². The van der Waals surface area contributed by atoms with Crippen LogP contribution in [-0.2, 0) is 0 Å². The largest absolute Gasteiger partial charge is 0.396 e. The second kappa shape index (κ2) is 15.5. The number of rotatable bonds is 15. The Morgan fingerprint density at radius 1 is 0.684 bits per heavy atom. The van der Waals surface area contributed by atoms with Crippen LogP contribution in [0.2, 0.25) is 0 Å². The lowest BCUT2D eigenvalue weighted by atomic mass is 10.1. The van der Waals surface area contributed by atoms with Crippen molar-refractivity contribution in [3.63, 3.8) is 0 Å². The van der Waals surface area contributed by atoms with E-state index in [0.717, 1.165) is 26.1 Å². The normalized spacial score (nSPS) is 10.8. The van der Waals surface area contributed by atoms with Gasteiger partial charge in [0.2, 0.25) is 0 Å². The highest BCUT2D eigenvalue weighted by atomic mass is 16.2. The molecule has 0 unspecified atom stereocenters. The van der Waals surface area contributed by atoms with Crippen LogP contribution >= 0.6 is 0 Å². The van der Waals surface area contributed by atoms with E-state index < -0.39 is 0 Å². The third kappa shape index (κ3) is 13.6. The molecule has 0 atom stereocenters. The van der Waals surface area contributed by atoms with Gasteiger partial charge in [0.15, 0.2) is 0 Å². The van der Waals surface area contributed by atoms with E-state index in [0.29, 0.717) is 6.61 Å². The summed E-state index contributed by atoms with van der Waals surface area (Å²) in [5, 5.41) is 8.67. The zero-order valence-corrected chi connectivity index (χ0v) is 12.7. The van der Waals surface area contributed by atoms with E-state index in [1.807, 2.05) is 12.2 Å². The summed E-state index contributed by atoms with van der Waals surface area (Å²) in [7, 11) is 0. The Morgan fingerprint density at radius 3 is 1.53 bits per heavy atom. The molecule has 0 aromatic rings. The van der Waals surface area contributed by atoms with Crippen LogP contribution in [0.4, 0.5) is 0 Å². The summed E-state index contributed by atoms with van der Waals surface area (Å²) >= 11 is 0. The van der Waals surface area contributed by atoms with Gasteiger partial charge in [0.1, 0.15) is 0 Å². The summed E-state index contributed by atoms with van der Waals surface area (Å²) < 4.78 is 0. The first kappa shape index (κ1) is 18.4. The molecule has 0 bridgehead atoms. The highest BCUT2D eigenvalue weighted by Crippen LogP contribution is 2.10. The smallest absolute Gasteiger partial charge is 0.0431 e. The fourth-order valence-electron chi connectivity index (χ4n) is 2.31. The highest BCUT2D eigenvalue weighted by molar-refractivity contribution is 4.79. The van der Waals surface area contributed by atoms with Crippen molar-refractivity contribution in [3.8, 4) is 0 Å². The van der Waals surface area contributed by atoms with E-state index >= 15 is 0 Å². The zero-order valence-electron chi connectivity index (χ0n) is 12.7. The Balaban J connectivity index is 3.24. The molecule has 0 aromatic carbocycles. The van der Waals surface area contributed by atoms with Crippen molar-refractivity contribution in [1.29, 1.82) is 0 Å². The molecule has 0 aliphatic heterocycles. The molecule has 2 nitrogen and oxygen atoms in total. The molecule has 0 aliphatic rings. The Labute approximate surface area is 120 Å². The minimum Gasteiger partial charge on any atom is -0.396 e. The van der Waals surface area contributed by atoms with E-state index in [2.05, 4.69) is 18.1 Å². The lowest BCUT2D eigenvalue weighted by Crippen LogP contribution is -2.24. The van der Waals surface area contributed by atoms with Gasteiger partial charge in [-0.3, -0.25) is 4.90 Å². The second-order valence-corrected chi connectivity index (χ2v) is 5.24. The Bertz CT molecular complexity index is 193. The lowest BCUT2D eigenvalue weighted by Gasteiger charge is -2.18. The summed E-state index contributed by atoms with van der Waals surface area (Å²) in [6.45, 7) is 11.0. The Kier molecular flexibility index (Phi) is 15.0. The molecule has 19 heavy (non-hydrogen) atoms. The monoisotopic (exact) mass is 267 g/mol. The molecule has 0 aromatic heterocycles. The minimum absolute atomic E-state index is 0.353. The van der Waals surface area contributed by atoms with Crippen LogP contribution < -0.4 is 0 Å². The van der Waals surface area contributed by atoms with Gasteiger partial charge in [-0.2, -0.15) is 0 Å². The molecule has 1 N–H and O–H groups in total. The summed E-state index contributed by atoms with van der Waals surface area (Å²) in [4.78, 5) is 2.38.